The van der Waals surface area contributed by atoms with Crippen LogP contribution in [0.4, 0.5) is 5.69 Å². The third-order valence-electron chi connectivity index (χ3n) is 2.43. The molecule has 0 unspecified atom stereocenters. The average Bonchev–Trinajstić information content (AvgIpc) is 2.89. The number of ether oxygens (including phenoxy) is 1. The van der Waals surface area contributed by atoms with Crippen molar-refractivity contribution in [2.45, 2.75) is 11.4 Å². The van der Waals surface area contributed by atoms with E-state index in [1.165, 1.54) is 36.6 Å². The number of methoxy groups -OCH3 is 1. The van der Waals surface area contributed by atoms with E-state index < -0.39 is 10.0 Å². The quantitative estimate of drug-likeness (QED) is 0.809. The number of hydrogen-bond acceptors (Lipinski definition) is 6. The molecule has 0 amide bonds. The fraction of sp³-hybridized carbons (Fsp3) is 0.182. The van der Waals surface area contributed by atoms with Crippen molar-refractivity contribution >= 4 is 27.0 Å². The Balaban J connectivity index is 2.17. The van der Waals surface area contributed by atoms with Crippen LogP contribution < -0.4 is 15.2 Å². The van der Waals surface area contributed by atoms with Gasteiger partial charge in [-0.25, -0.2) is 13.1 Å². The molecule has 6 nitrogen and oxygen atoms in total. The lowest BCUT2D eigenvalue weighted by Gasteiger charge is -2.08. The van der Waals surface area contributed by atoms with Gasteiger partial charge in [-0.15, -0.1) is 11.3 Å². The minimum Gasteiger partial charge on any atom is -0.495 e. The summed E-state index contributed by atoms with van der Waals surface area (Å²) in [7, 11) is -2.12. The van der Waals surface area contributed by atoms with Crippen molar-refractivity contribution in [3.63, 3.8) is 0 Å². The van der Waals surface area contributed by atoms with E-state index in [1.807, 2.05) is 0 Å². The van der Waals surface area contributed by atoms with E-state index in [0.29, 0.717) is 5.75 Å². The van der Waals surface area contributed by atoms with E-state index in [1.54, 1.807) is 11.7 Å². The molecule has 2 rings (SSSR count). The predicted octanol–water partition coefficient (Wildman–Crippen LogP) is 1.21. The van der Waals surface area contributed by atoms with Crippen molar-refractivity contribution in [1.29, 1.82) is 0 Å². The number of aromatic nitrogens is 1. The van der Waals surface area contributed by atoms with Crippen LogP contribution in [0, 0.1) is 0 Å². The molecule has 1 aromatic carbocycles. The maximum absolute atomic E-state index is 12.1. The van der Waals surface area contributed by atoms with Gasteiger partial charge in [-0.1, -0.05) is 0 Å². The summed E-state index contributed by atoms with van der Waals surface area (Å²) >= 11 is 1.39. The van der Waals surface area contributed by atoms with Crippen molar-refractivity contribution in [3.05, 3.63) is 34.8 Å². The van der Waals surface area contributed by atoms with Crippen molar-refractivity contribution in [2.75, 3.05) is 12.8 Å². The first-order valence-corrected chi connectivity index (χ1v) is 7.70. The summed E-state index contributed by atoms with van der Waals surface area (Å²) < 4.78 is 31.6. The zero-order valence-corrected chi connectivity index (χ0v) is 11.8. The molecule has 0 fully saturated rings. The second-order valence-electron chi connectivity index (χ2n) is 3.70. The van der Waals surface area contributed by atoms with Gasteiger partial charge in [-0.2, -0.15) is 0 Å². The standard InChI is InChI=1S/C11H13N3O3S2/c1-17-11-3-2-9(4-10(11)12)19(15,16)14-6-8-5-13-7-18-8/h2-5,7,14H,6,12H2,1H3. The number of rotatable bonds is 5. The van der Waals surface area contributed by atoms with Crippen molar-refractivity contribution < 1.29 is 13.2 Å². The van der Waals surface area contributed by atoms with Crippen LogP contribution >= 0.6 is 11.3 Å². The van der Waals surface area contributed by atoms with E-state index in [-0.39, 0.29) is 17.1 Å². The Morgan fingerprint density at radius 3 is 2.84 bits per heavy atom. The summed E-state index contributed by atoms with van der Waals surface area (Å²) in [5.41, 5.74) is 7.62. The Morgan fingerprint density at radius 1 is 1.47 bits per heavy atom. The molecule has 3 N–H and O–H groups in total. The number of nitrogens with two attached hydrogens (primary N) is 1. The molecule has 8 heteroatoms. The van der Waals surface area contributed by atoms with Crippen LogP contribution in [0.5, 0.6) is 5.75 Å². The highest BCUT2D eigenvalue weighted by Gasteiger charge is 2.15. The van der Waals surface area contributed by atoms with Gasteiger partial charge in [0.1, 0.15) is 5.75 Å². The van der Waals surface area contributed by atoms with E-state index in [0.717, 1.165) is 4.88 Å². The molecule has 0 aliphatic carbocycles. The summed E-state index contributed by atoms with van der Waals surface area (Å²) in [4.78, 5) is 4.82. The van der Waals surface area contributed by atoms with Gasteiger partial charge in [-0.3, -0.25) is 4.98 Å². The maximum atomic E-state index is 12.1. The minimum atomic E-state index is -3.59. The summed E-state index contributed by atoms with van der Waals surface area (Å²) in [5.74, 6) is 0.446. The Kier molecular flexibility index (Phi) is 4.03. The normalized spacial score (nSPS) is 11.4. The fourth-order valence-corrected chi connectivity index (χ4v) is 3.13. The van der Waals surface area contributed by atoms with Gasteiger partial charge in [0.25, 0.3) is 0 Å². The SMILES string of the molecule is COc1ccc(S(=O)(=O)NCc2cncs2)cc1N. The highest BCUT2D eigenvalue weighted by Crippen LogP contribution is 2.24. The van der Waals surface area contributed by atoms with Crippen LogP contribution in [-0.4, -0.2) is 20.5 Å². The Morgan fingerprint density at radius 2 is 2.26 bits per heavy atom. The Hall–Kier alpha value is -1.64. The molecule has 0 spiro atoms. The first-order chi connectivity index (χ1) is 9.03. The van der Waals surface area contributed by atoms with Gasteiger partial charge < -0.3 is 10.5 Å². The molecule has 102 valence electrons. The largest absolute Gasteiger partial charge is 0.495 e. The molecule has 0 saturated carbocycles. The highest BCUT2D eigenvalue weighted by atomic mass is 32.2. The number of nitrogen functional groups attached to an aromatic ring is 1. The Bertz CT molecular complexity index is 654. The lowest BCUT2D eigenvalue weighted by molar-refractivity contribution is 0.416. The van der Waals surface area contributed by atoms with Crippen LogP contribution in [0.2, 0.25) is 0 Å². The zero-order chi connectivity index (χ0) is 13.9. The first kappa shape index (κ1) is 13.8. The molecule has 0 atom stereocenters. The summed E-state index contributed by atoms with van der Waals surface area (Å²) in [6.45, 7) is 0.207. The second kappa shape index (κ2) is 5.55. The maximum Gasteiger partial charge on any atom is 0.240 e. The fourth-order valence-electron chi connectivity index (χ4n) is 1.46. The van der Waals surface area contributed by atoms with Crippen molar-refractivity contribution in [2.24, 2.45) is 0 Å². The molecule has 2 aromatic rings. The first-order valence-electron chi connectivity index (χ1n) is 5.33. The number of nitrogens with one attached hydrogen (secondary N) is 1. The third-order valence-corrected chi connectivity index (χ3v) is 4.61. The lowest BCUT2D eigenvalue weighted by atomic mass is 10.3. The summed E-state index contributed by atoms with van der Waals surface area (Å²) in [5, 5.41) is 0. The van der Waals surface area contributed by atoms with Crippen molar-refractivity contribution in [3.8, 4) is 5.75 Å². The smallest absolute Gasteiger partial charge is 0.240 e. The lowest BCUT2D eigenvalue weighted by Crippen LogP contribution is -2.22. The molecule has 0 aliphatic heterocycles. The zero-order valence-electron chi connectivity index (χ0n) is 10.2. The van der Waals surface area contributed by atoms with E-state index in [9.17, 15) is 8.42 Å². The van der Waals surface area contributed by atoms with Crippen LogP contribution in [0.1, 0.15) is 4.88 Å². The summed E-state index contributed by atoms with van der Waals surface area (Å²) in [6.07, 6.45) is 1.62. The molecule has 1 aromatic heterocycles. The number of sulfonamides is 1. The molecular formula is C11H13N3O3S2. The molecule has 0 radical (unpaired) electrons. The number of thiazole rings is 1. The average molecular weight is 299 g/mol. The molecule has 0 bridgehead atoms. The second-order valence-corrected chi connectivity index (χ2v) is 6.43. The molecule has 0 aliphatic rings. The number of nitrogens with zero attached hydrogens (tertiary/aromatic N) is 1. The number of hydrogen-bond donors (Lipinski definition) is 2. The van der Waals surface area contributed by atoms with Gasteiger partial charge in [0.15, 0.2) is 0 Å². The van der Waals surface area contributed by atoms with Crippen LogP contribution in [0.15, 0.2) is 34.8 Å². The molecule has 0 saturated heterocycles. The van der Waals surface area contributed by atoms with E-state index in [4.69, 9.17) is 10.5 Å². The molecular weight excluding hydrogens is 286 g/mol. The monoisotopic (exact) mass is 299 g/mol. The van der Waals surface area contributed by atoms with Crippen LogP contribution in [0.3, 0.4) is 0 Å². The van der Waals surface area contributed by atoms with Gasteiger partial charge >= 0.3 is 0 Å². The third kappa shape index (κ3) is 3.22. The van der Waals surface area contributed by atoms with E-state index >= 15 is 0 Å². The van der Waals surface area contributed by atoms with Gasteiger partial charge in [-0.05, 0) is 18.2 Å². The van der Waals surface area contributed by atoms with Crippen LogP contribution in [0.25, 0.3) is 0 Å². The Labute approximate surface area is 115 Å². The van der Waals surface area contributed by atoms with Gasteiger partial charge in [0.05, 0.1) is 23.2 Å². The van der Waals surface area contributed by atoms with Gasteiger partial charge in [0, 0.05) is 17.6 Å². The minimum absolute atomic E-state index is 0.107. The topological polar surface area (TPSA) is 94.3 Å². The van der Waals surface area contributed by atoms with Gasteiger partial charge in [0.2, 0.25) is 10.0 Å². The van der Waals surface area contributed by atoms with Crippen LogP contribution in [-0.2, 0) is 16.6 Å². The predicted molar refractivity (Wildman–Crippen MR) is 73.5 cm³/mol. The van der Waals surface area contributed by atoms with Crippen molar-refractivity contribution in [1.82, 2.24) is 9.71 Å². The number of anilines is 1. The molecule has 19 heavy (non-hydrogen) atoms. The van der Waals surface area contributed by atoms with E-state index in [2.05, 4.69) is 9.71 Å². The summed E-state index contributed by atoms with van der Waals surface area (Å²) in [6, 6.07) is 4.34. The molecule has 1 heterocycles. The highest BCUT2D eigenvalue weighted by molar-refractivity contribution is 7.89. The number of benzene rings is 1.